The molecule has 0 bridgehead atoms. The van der Waals surface area contributed by atoms with E-state index in [1.54, 1.807) is 31.3 Å². The average molecular weight is 531 g/mol. The van der Waals surface area contributed by atoms with Crippen LogP contribution >= 0.6 is 11.8 Å². The van der Waals surface area contributed by atoms with E-state index in [0.29, 0.717) is 22.2 Å². The Kier molecular flexibility index (Phi) is 8.51. The third-order valence-electron chi connectivity index (χ3n) is 5.77. The summed E-state index contributed by atoms with van der Waals surface area (Å²) >= 11 is 1.27. The highest BCUT2D eigenvalue weighted by molar-refractivity contribution is 7.99. The van der Waals surface area contributed by atoms with Crippen molar-refractivity contribution in [3.63, 3.8) is 0 Å². The molecule has 9 nitrogen and oxygen atoms in total. The molecule has 194 valence electrons. The zero-order chi connectivity index (χ0) is 27.1. The number of rotatable bonds is 9. The monoisotopic (exact) mass is 530 g/mol. The fraction of sp³-hybridized carbons (Fsp3) is 0.214. The molecule has 1 aliphatic heterocycles. The Morgan fingerprint density at radius 1 is 1.13 bits per heavy atom. The Labute approximate surface area is 224 Å². The number of allylic oxidation sites excluding steroid dienone is 1. The number of nitriles is 1. The molecule has 2 heterocycles. The highest BCUT2D eigenvalue weighted by atomic mass is 32.2. The Bertz CT molecular complexity index is 1430. The molecule has 2 N–H and O–H groups in total. The van der Waals surface area contributed by atoms with Gasteiger partial charge in [0.25, 0.3) is 0 Å². The number of benzene rings is 2. The molecule has 1 aromatic heterocycles. The summed E-state index contributed by atoms with van der Waals surface area (Å²) in [6, 6.07) is 18.9. The van der Waals surface area contributed by atoms with Gasteiger partial charge in [0, 0.05) is 17.3 Å². The first-order valence-corrected chi connectivity index (χ1v) is 12.7. The van der Waals surface area contributed by atoms with Gasteiger partial charge < -0.3 is 24.7 Å². The van der Waals surface area contributed by atoms with Gasteiger partial charge in [0.05, 0.1) is 43.8 Å². The van der Waals surface area contributed by atoms with Gasteiger partial charge in [-0.2, -0.15) is 5.26 Å². The van der Waals surface area contributed by atoms with Crippen LogP contribution in [0.2, 0.25) is 0 Å². The second kappa shape index (κ2) is 12.2. The maximum absolute atomic E-state index is 13.3. The fourth-order valence-electron chi connectivity index (χ4n) is 4.12. The van der Waals surface area contributed by atoms with Crippen LogP contribution in [0, 0.1) is 11.3 Å². The van der Waals surface area contributed by atoms with Crippen molar-refractivity contribution in [3.8, 4) is 28.8 Å². The molecule has 0 aliphatic carbocycles. The average Bonchev–Trinajstić information content (AvgIpc) is 2.95. The van der Waals surface area contributed by atoms with Crippen molar-refractivity contribution in [3.05, 3.63) is 89.1 Å². The molecule has 1 atom stereocenters. The SMILES string of the molecule is CCOC(=O)C1=C(CSc2nccc(-c3ccccc3)n2)OC(N)=C(C#N)[C@H]1c1cccc(OC)c1OC. The smallest absolute Gasteiger partial charge is 0.338 e. The van der Waals surface area contributed by atoms with Crippen LogP contribution in [-0.2, 0) is 14.3 Å². The minimum Gasteiger partial charge on any atom is -0.493 e. The summed E-state index contributed by atoms with van der Waals surface area (Å²) in [6.07, 6.45) is 1.67. The number of nitrogens with zero attached hydrogens (tertiary/aromatic N) is 3. The van der Waals surface area contributed by atoms with Crippen LogP contribution in [0.15, 0.2) is 88.7 Å². The minimum atomic E-state index is -0.898. The van der Waals surface area contributed by atoms with Crippen LogP contribution in [0.25, 0.3) is 11.3 Å². The first kappa shape index (κ1) is 26.6. The van der Waals surface area contributed by atoms with Crippen LogP contribution < -0.4 is 15.2 Å². The Morgan fingerprint density at radius 2 is 1.92 bits per heavy atom. The molecule has 0 amide bonds. The third kappa shape index (κ3) is 5.43. The molecule has 0 saturated heterocycles. The number of hydrogen-bond acceptors (Lipinski definition) is 10. The number of ether oxygens (including phenoxy) is 4. The van der Waals surface area contributed by atoms with Crippen molar-refractivity contribution in [2.24, 2.45) is 5.73 Å². The van der Waals surface area contributed by atoms with Crippen molar-refractivity contribution in [1.29, 1.82) is 5.26 Å². The van der Waals surface area contributed by atoms with Crippen LogP contribution in [0.5, 0.6) is 11.5 Å². The normalized spacial score (nSPS) is 14.9. The molecular weight excluding hydrogens is 504 g/mol. The van der Waals surface area contributed by atoms with E-state index in [1.165, 1.54) is 26.0 Å². The number of aromatic nitrogens is 2. The minimum absolute atomic E-state index is 0.0654. The molecule has 0 fully saturated rings. The van der Waals surface area contributed by atoms with Gasteiger partial charge in [-0.1, -0.05) is 54.2 Å². The third-order valence-corrected chi connectivity index (χ3v) is 6.63. The molecule has 10 heteroatoms. The second-order valence-corrected chi connectivity index (χ2v) is 8.89. The summed E-state index contributed by atoms with van der Waals surface area (Å²) in [5, 5.41) is 10.5. The summed E-state index contributed by atoms with van der Waals surface area (Å²) < 4.78 is 22.3. The Balaban J connectivity index is 1.78. The van der Waals surface area contributed by atoms with E-state index >= 15 is 0 Å². The van der Waals surface area contributed by atoms with E-state index in [1.807, 2.05) is 36.4 Å². The molecule has 0 radical (unpaired) electrons. The standard InChI is InChI=1S/C28H26N4O5S/c1-4-36-27(33)24-22(16-38-28-31-14-13-20(32-28)17-9-6-5-7-10-17)37-26(30)19(15-29)23(24)18-11-8-12-21(34-2)25(18)35-3/h5-14,23H,4,16,30H2,1-3H3/t23-/m1/s1. The number of carbonyl (C=O) groups excluding carboxylic acids is 1. The maximum atomic E-state index is 13.3. The lowest BCUT2D eigenvalue weighted by Gasteiger charge is -2.29. The topological polar surface area (TPSA) is 130 Å². The van der Waals surface area contributed by atoms with Crippen molar-refractivity contribution in [2.45, 2.75) is 18.0 Å². The lowest BCUT2D eigenvalue weighted by molar-refractivity contribution is -0.139. The van der Waals surface area contributed by atoms with Crippen LogP contribution in [0.4, 0.5) is 0 Å². The lowest BCUT2D eigenvalue weighted by atomic mass is 9.82. The number of methoxy groups -OCH3 is 2. The van der Waals surface area contributed by atoms with E-state index in [2.05, 4.69) is 16.0 Å². The second-order valence-electron chi connectivity index (χ2n) is 7.94. The fourth-order valence-corrected chi connectivity index (χ4v) is 4.89. The van der Waals surface area contributed by atoms with Gasteiger partial charge in [-0.3, -0.25) is 0 Å². The van der Waals surface area contributed by atoms with Crippen LogP contribution in [0.3, 0.4) is 0 Å². The van der Waals surface area contributed by atoms with Gasteiger partial charge in [-0.25, -0.2) is 14.8 Å². The van der Waals surface area contributed by atoms with Crippen molar-refractivity contribution in [1.82, 2.24) is 9.97 Å². The molecule has 38 heavy (non-hydrogen) atoms. The molecule has 4 rings (SSSR count). The number of hydrogen-bond donors (Lipinski definition) is 1. The number of para-hydroxylation sites is 1. The van der Waals surface area contributed by atoms with E-state index in [-0.39, 0.29) is 35.1 Å². The predicted molar refractivity (Wildman–Crippen MR) is 142 cm³/mol. The number of nitrogens with two attached hydrogens (primary N) is 1. The van der Waals surface area contributed by atoms with Gasteiger partial charge in [0.15, 0.2) is 16.7 Å². The maximum Gasteiger partial charge on any atom is 0.338 e. The zero-order valence-corrected chi connectivity index (χ0v) is 22.0. The molecular formula is C28H26N4O5S. The predicted octanol–water partition coefficient (Wildman–Crippen LogP) is 4.58. The highest BCUT2D eigenvalue weighted by Crippen LogP contribution is 2.46. The summed E-state index contributed by atoms with van der Waals surface area (Å²) in [5.74, 6) is -0.414. The largest absolute Gasteiger partial charge is 0.493 e. The van der Waals surface area contributed by atoms with E-state index in [0.717, 1.165) is 11.3 Å². The van der Waals surface area contributed by atoms with Crippen LogP contribution in [0.1, 0.15) is 18.4 Å². The van der Waals surface area contributed by atoms with Crippen molar-refractivity contribution < 1.29 is 23.7 Å². The van der Waals surface area contributed by atoms with Gasteiger partial charge >= 0.3 is 5.97 Å². The zero-order valence-electron chi connectivity index (χ0n) is 21.1. The molecule has 0 saturated carbocycles. The Hall–Kier alpha value is -4.49. The lowest BCUT2D eigenvalue weighted by Crippen LogP contribution is -2.27. The summed E-state index contributed by atoms with van der Waals surface area (Å²) in [6.45, 7) is 1.84. The Morgan fingerprint density at radius 3 is 2.61 bits per heavy atom. The van der Waals surface area contributed by atoms with E-state index in [4.69, 9.17) is 24.7 Å². The summed E-state index contributed by atoms with van der Waals surface area (Å²) in [7, 11) is 3.00. The van der Waals surface area contributed by atoms with Crippen molar-refractivity contribution in [2.75, 3.05) is 26.6 Å². The number of thioether (sulfide) groups is 1. The first-order chi connectivity index (χ1) is 18.5. The number of carbonyl (C=O) groups is 1. The highest BCUT2D eigenvalue weighted by Gasteiger charge is 2.39. The first-order valence-electron chi connectivity index (χ1n) is 11.7. The summed E-state index contributed by atoms with van der Waals surface area (Å²) in [4.78, 5) is 22.3. The molecule has 0 spiro atoms. The number of esters is 1. The van der Waals surface area contributed by atoms with E-state index in [9.17, 15) is 10.1 Å². The van der Waals surface area contributed by atoms with Crippen molar-refractivity contribution >= 4 is 17.7 Å². The van der Waals surface area contributed by atoms with Gasteiger partial charge in [-0.05, 0) is 19.1 Å². The molecule has 3 aromatic rings. The molecule has 2 aromatic carbocycles. The van der Waals surface area contributed by atoms with Gasteiger partial charge in [0.2, 0.25) is 5.88 Å². The van der Waals surface area contributed by atoms with Gasteiger partial charge in [0.1, 0.15) is 17.4 Å². The quantitative estimate of drug-likeness (QED) is 0.238. The summed E-state index contributed by atoms with van der Waals surface area (Å²) in [5.41, 5.74) is 8.66. The molecule has 0 unspecified atom stereocenters. The van der Waals surface area contributed by atoms with E-state index < -0.39 is 11.9 Å². The van der Waals surface area contributed by atoms with Gasteiger partial charge in [-0.15, -0.1) is 0 Å². The van der Waals surface area contributed by atoms with Crippen LogP contribution in [-0.4, -0.2) is 42.5 Å². The molecule has 1 aliphatic rings.